The van der Waals surface area contributed by atoms with Crippen molar-refractivity contribution in [1.29, 1.82) is 0 Å². The Labute approximate surface area is 115 Å². The van der Waals surface area contributed by atoms with Crippen LogP contribution in [0.15, 0.2) is 64.5 Å². The van der Waals surface area contributed by atoms with E-state index in [-0.39, 0.29) is 0 Å². The molecule has 0 amide bonds. The van der Waals surface area contributed by atoms with Gasteiger partial charge >= 0.3 is 0 Å². The van der Waals surface area contributed by atoms with Crippen molar-refractivity contribution in [3.63, 3.8) is 0 Å². The molecule has 2 rings (SSSR count). The first-order valence-electron chi connectivity index (χ1n) is 5.42. The topological polar surface area (TPSA) is 0 Å². The van der Waals surface area contributed by atoms with Crippen LogP contribution in [0, 0.1) is 0 Å². The summed E-state index contributed by atoms with van der Waals surface area (Å²) in [6.07, 6.45) is 2.14. The molecule has 0 spiro atoms. The molecule has 0 aromatic heterocycles. The van der Waals surface area contributed by atoms with E-state index in [9.17, 15) is 0 Å². The lowest BCUT2D eigenvalue weighted by molar-refractivity contribution is 1.42. The quantitative estimate of drug-likeness (QED) is 0.733. The van der Waals surface area contributed by atoms with Gasteiger partial charge in [0.15, 0.2) is 0 Å². The second kappa shape index (κ2) is 6.67. The van der Waals surface area contributed by atoms with Crippen molar-refractivity contribution in [2.75, 3.05) is 0 Å². The highest BCUT2D eigenvalue weighted by Gasteiger charge is 1.90. The molecule has 0 saturated carbocycles. The molecule has 0 radical (unpaired) electrons. The van der Waals surface area contributed by atoms with Crippen molar-refractivity contribution in [2.45, 2.75) is 5.75 Å². The number of hydrogen-bond donors (Lipinski definition) is 0. The first kappa shape index (κ1) is 12.5. The molecule has 86 valence electrons. The van der Waals surface area contributed by atoms with E-state index in [1.807, 2.05) is 17.8 Å². The maximum absolute atomic E-state index is 3.43. The average molecular weight is 305 g/mol. The summed E-state index contributed by atoms with van der Waals surface area (Å²) in [6.45, 7) is 0. The standard InChI is InChI=1S/C15H13BrS/c16-15-8-6-13(7-9-15)10-11-17-12-14-4-2-1-3-5-14/h1-11H,12H2/b11-10-. The summed E-state index contributed by atoms with van der Waals surface area (Å²) in [5, 5.41) is 2.15. The molecule has 2 heteroatoms. The molecule has 0 fully saturated rings. The first-order chi connectivity index (χ1) is 8.34. The first-order valence-corrected chi connectivity index (χ1v) is 7.26. The molecular formula is C15H13BrS. The highest BCUT2D eigenvalue weighted by Crippen LogP contribution is 2.16. The van der Waals surface area contributed by atoms with Gasteiger partial charge in [-0.1, -0.05) is 58.4 Å². The Morgan fingerprint density at radius 3 is 2.35 bits per heavy atom. The minimum atomic E-state index is 1.02. The summed E-state index contributed by atoms with van der Waals surface area (Å²) in [5.41, 5.74) is 2.59. The summed E-state index contributed by atoms with van der Waals surface area (Å²) in [6, 6.07) is 18.8. The van der Waals surface area contributed by atoms with Gasteiger partial charge < -0.3 is 0 Å². The number of benzene rings is 2. The van der Waals surface area contributed by atoms with Crippen LogP contribution in [0.25, 0.3) is 6.08 Å². The molecule has 0 aliphatic carbocycles. The van der Waals surface area contributed by atoms with Gasteiger partial charge in [-0.15, -0.1) is 11.8 Å². The van der Waals surface area contributed by atoms with Crippen LogP contribution in [0.1, 0.15) is 11.1 Å². The number of thioether (sulfide) groups is 1. The lowest BCUT2D eigenvalue weighted by Crippen LogP contribution is -1.75. The fraction of sp³-hybridized carbons (Fsp3) is 0.0667. The highest BCUT2D eigenvalue weighted by molar-refractivity contribution is 9.10. The molecule has 0 aliphatic rings. The molecule has 0 heterocycles. The highest BCUT2D eigenvalue weighted by atomic mass is 79.9. The zero-order valence-electron chi connectivity index (χ0n) is 9.34. The predicted molar refractivity (Wildman–Crippen MR) is 80.9 cm³/mol. The van der Waals surface area contributed by atoms with Gasteiger partial charge in [0.2, 0.25) is 0 Å². The third kappa shape index (κ3) is 4.41. The van der Waals surface area contributed by atoms with E-state index in [0.717, 1.165) is 10.2 Å². The lowest BCUT2D eigenvalue weighted by Gasteiger charge is -1.97. The van der Waals surface area contributed by atoms with Gasteiger partial charge in [-0.3, -0.25) is 0 Å². The maximum atomic E-state index is 3.43. The van der Waals surface area contributed by atoms with Gasteiger partial charge in [0.05, 0.1) is 0 Å². The predicted octanol–water partition coefficient (Wildman–Crippen LogP) is 5.35. The SMILES string of the molecule is Brc1ccc(/C=C\SCc2ccccc2)cc1. The Balaban J connectivity index is 1.84. The van der Waals surface area contributed by atoms with E-state index in [1.54, 1.807) is 0 Å². The molecular weight excluding hydrogens is 292 g/mol. The van der Waals surface area contributed by atoms with Crippen LogP contribution in [0.5, 0.6) is 0 Å². The number of rotatable bonds is 4. The fourth-order valence-electron chi connectivity index (χ4n) is 1.42. The van der Waals surface area contributed by atoms with Gasteiger partial charge in [0, 0.05) is 10.2 Å². The van der Waals surface area contributed by atoms with Crippen molar-refractivity contribution < 1.29 is 0 Å². The fourth-order valence-corrected chi connectivity index (χ4v) is 2.42. The van der Waals surface area contributed by atoms with E-state index >= 15 is 0 Å². The normalized spacial score (nSPS) is 10.9. The second-order valence-corrected chi connectivity index (χ2v) is 5.46. The molecule has 0 atom stereocenters. The Hall–Kier alpha value is -0.990. The summed E-state index contributed by atoms with van der Waals surface area (Å²) in [5.74, 6) is 1.02. The minimum absolute atomic E-state index is 1.02. The largest absolute Gasteiger partial charge is 0.129 e. The molecule has 0 saturated heterocycles. The molecule has 0 nitrogen and oxygen atoms in total. The Morgan fingerprint density at radius 1 is 0.941 bits per heavy atom. The summed E-state index contributed by atoms with van der Waals surface area (Å²) in [7, 11) is 0. The van der Waals surface area contributed by atoms with Crippen molar-refractivity contribution >= 4 is 33.8 Å². The summed E-state index contributed by atoms with van der Waals surface area (Å²) in [4.78, 5) is 0. The zero-order chi connectivity index (χ0) is 11.9. The van der Waals surface area contributed by atoms with Crippen molar-refractivity contribution in [2.24, 2.45) is 0 Å². The Kier molecular flexibility index (Phi) is 4.89. The third-order valence-corrected chi connectivity index (χ3v) is 3.68. The van der Waals surface area contributed by atoms with E-state index in [4.69, 9.17) is 0 Å². The second-order valence-electron chi connectivity index (χ2n) is 3.65. The van der Waals surface area contributed by atoms with E-state index in [1.165, 1.54) is 11.1 Å². The van der Waals surface area contributed by atoms with Crippen molar-refractivity contribution in [3.8, 4) is 0 Å². The van der Waals surface area contributed by atoms with Gasteiger partial charge in [-0.05, 0) is 34.7 Å². The minimum Gasteiger partial charge on any atom is -0.129 e. The Bertz CT molecular complexity index is 474. The summed E-state index contributed by atoms with van der Waals surface area (Å²) >= 11 is 5.24. The van der Waals surface area contributed by atoms with Crippen molar-refractivity contribution in [1.82, 2.24) is 0 Å². The smallest absolute Gasteiger partial charge is 0.0226 e. The monoisotopic (exact) mass is 304 g/mol. The molecule has 0 unspecified atom stereocenters. The zero-order valence-corrected chi connectivity index (χ0v) is 11.7. The number of hydrogen-bond acceptors (Lipinski definition) is 1. The van der Waals surface area contributed by atoms with E-state index < -0.39 is 0 Å². The molecule has 17 heavy (non-hydrogen) atoms. The van der Waals surface area contributed by atoms with Crippen LogP contribution in [0.3, 0.4) is 0 Å². The van der Waals surface area contributed by atoms with Crippen LogP contribution in [-0.4, -0.2) is 0 Å². The molecule has 0 bridgehead atoms. The molecule has 2 aromatic rings. The lowest BCUT2D eigenvalue weighted by atomic mass is 10.2. The maximum Gasteiger partial charge on any atom is 0.0226 e. The summed E-state index contributed by atoms with van der Waals surface area (Å²) < 4.78 is 1.12. The van der Waals surface area contributed by atoms with E-state index in [0.29, 0.717) is 0 Å². The third-order valence-electron chi connectivity index (χ3n) is 2.32. The molecule has 0 aliphatic heterocycles. The van der Waals surface area contributed by atoms with Gasteiger partial charge in [-0.2, -0.15) is 0 Å². The van der Waals surface area contributed by atoms with Crippen LogP contribution < -0.4 is 0 Å². The van der Waals surface area contributed by atoms with Gasteiger partial charge in [0.25, 0.3) is 0 Å². The number of halogens is 1. The van der Waals surface area contributed by atoms with Crippen molar-refractivity contribution in [3.05, 3.63) is 75.6 Å². The van der Waals surface area contributed by atoms with E-state index in [2.05, 4.69) is 75.9 Å². The van der Waals surface area contributed by atoms with Gasteiger partial charge in [0.1, 0.15) is 0 Å². The van der Waals surface area contributed by atoms with Crippen LogP contribution in [-0.2, 0) is 5.75 Å². The van der Waals surface area contributed by atoms with Crippen LogP contribution in [0.4, 0.5) is 0 Å². The van der Waals surface area contributed by atoms with Crippen LogP contribution >= 0.6 is 27.7 Å². The van der Waals surface area contributed by atoms with Crippen LogP contribution in [0.2, 0.25) is 0 Å². The average Bonchev–Trinajstić information content (AvgIpc) is 2.38. The molecule has 2 aromatic carbocycles. The Morgan fingerprint density at radius 2 is 1.65 bits per heavy atom. The molecule has 0 N–H and O–H groups in total. The van der Waals surface area contributed by atoms with Gasteiger partial charge in [-0.25, -0.2) is 0 Å².